The van der Waals surface area contributed by atoms with Crippen LogP contribution in [0.25, 0.3) is 0 Å². The van der Waals surface area contributed by atoms with Crippen molar-refractivity contribution in [2.45, 2.75) is 32.6 Å². The zero-order chi connectivity index (χ0) is 13.1. The maximum absolute atomic E-state index is 5.68. The Balaban J connectivity index is 2.42. The molecule has 0 heterocycles. The fraction of sp³-hybridized carbons (Fsp3) is 0.467. The van der Waals surface area contributed by atoms with E-state index in [0.717, 1.165) is 34.8 Å². The molecule has 0 aromatic heterocycles. The van der Waals surface area contributed by atoms with Crippen molar-refractivity contribution in [1.82, 2.24) is 0 Å². The summed E-state index contributed by atoms with van der Waals surface area (Å²) in [5.41, 5.74) is 4.13. The quantitative estimate of drug-likeness (QED) is 0.626. The number of hydrogen-bond donors (Lipinski definition) is 0. The van der Waals surface area contributed by atoms with Gasteiger partial charge >= 0.3 is 0 Å². The average molecular weight is 374 g/mol. The van der Waals surface area contributed by atoms with Crippen LogP contribution in [0.5, 0.6) is 0 Å². The van der Waals surface area contributed by atoms with Gasteiger partial charge in [0.15, 0.2) is 0 Å². The Morgan fingerprint density at radius 3 is 2.83 bits per heavy atom. The maximum Gasteiger partial charge on any atom is 0.121 e. The van der Waals surface area contributed by atoms with Gasteiger partial charge < -0.3 is 4.74 Å². The van der Waals surface area contributed by atoms with E-state index < -0.39 is 0 Å². The van der Waals surface area contributed by atoms with Gasteiger partial charge in [-0.3, -0.25) is 0 Å². The van der Waals surface area contributed by atoms with E-state index in [-0.39, 0.29) is 0 Å². The van der Waals surface area contributed by atoms with Crippen LogP contribution in [0.15, 0.2) is 44.1 Å². The zero-order valence-corrected chi connectivity index (χ0v) is 14.0. The lowest BCUT2D eigenvalue weighted by atomic mass is 9.77. The van der Waals surface area contributed by atoms with Gasteiger partial charge in [-0.1, -0.05) is 31.6 Å². The Morgan fingerprint density at radius 2 is 2.22 bits per heavy atom. The second kappa shape index (κ2) is 6.25. The Labute approximate surface area is 126 Å². The molecule has 0 saturated heterocycles. The van der Waals surface area contributed by atoms with Crippen LogP contribution in [0.2, 0.25) is 0 Å². The first-order valence-electron chi connectivity index (χ1n) is 6.37. The smallest absolute Gasteiger partial charge is 0.121 e. The molecule has 0 aliphatic heterocycles. The van der Waals surface area contributed by atoms with Crippen LogP contribution in [-0.2, 0) is 4.74 Å². The Morgan fingerprint density at radius 1 is 1.44 bits per heavy atom. The summed E-state index contributed by atoms with van der Waals surface area (Å²) >= 11 is 7.09. The predicted octanol–water partition coefficient (Wildman–Crippen LogP) is 5.59. The maximum atomic E-state index is 5.68. The molecule has 0 aromatic rings. The van der Waals surface area contributed by atoms with Crippen LogP contribution in [0.4, 0.5) is 0 Å². The molecule has 2 aliphatic rings. The minimum atomic E-state index is 0.458. The largest absolute Gasteiger partial charge is 0.497 e. The fourth-order valence-corrected chi connectivity index (χ4v) is 3.60. The lowest BCUT2D eigenvalue weighted by molar-refractivity contribution is 0.284. The van der Waals surface area contributed by atoms with Gasteiger partial charge in [0.05, 0.1) is 10.5 Å². The monoisotopic (exact) mass is 372 g/mol. The molecule has 0 saturated carbocycles. The number of fused-ring (bicyclic) bond motifs is 1. The molecule has 98 valence electrons. The first kappa shape index (κ1) is 14.1. The molecule has 2 rings (SSSR count). The summed E-state index contributed by atoms with van der Waals surface area (Å²) in [6, 6.07) is 0. The summed E-state index contributed by atoms with van der Waals surface area (Å²) < 4.78 is 6.73. The van der Waals surface area contributed by atoms with Gasteiger partial charge in [-0.15, -0.1) is 0 Å². The van der Waals surface area contributed by atoms with Crippen LogP contribution in [0, 0.1) is 5.92 Å². The van der Waals surface area contributed by atoms with Crippen molar-refractivity contribution in [2.24, 2.45) is 5.92 Å². The number of rotatable bonds is 3. The highest BCUT2D eigenvalue weighted by Gasteiger charge is 2.29. The minimum absolute atomic E-state index is 0.458. The van der Waals surface area contributed by atoms with E-state index >= 15 is 0 Å². The Hall–Kier alpha value is -0.280. The van der Waals surface area contributed by atoms with Crippen LogP contribution >= 0.6 is 31.9 Å². The van der Waals surface area contributed by atoms with E-state index in [1.165, 1.54) is 16.7 Å². The molecule has 0 aromatic carbocycles. The highest BCUT2D eigenvalue weighted by Crippen LogP contribution is 2.43. The van der Waals surface area contributed by atoms with Crippen molar-refractivity contribution in [1.29, 1.82) is 0 Å². The molecule has 0 spiro atoms. The van der Waals surface area contributed by atoms with Crippen LogP contribution < -0.4 is 0 Å². The summed E-state index contributed by atoms with van der Waals surface area (Å²) in [4.78, 5) is 0. The Bertz CT molecular complexity index is 451. The van der Waals surface area contributed by atoms with Gasteiger partial charge in [-0.2, -0.15) is 0 Å². The molecular formula is C15H18Br2O. The first-order chi connectivity index (χ1) is 8.69. The molecule has 18 heavy (non-hydrogen) atoms. The molecule has 3 heteroatoms. The van der Waals surface area contributed by atoms with Crippen molar-refractivity contribution in [2.75, 3.05) is 7.11 Å². The molecule has 0 fully saturated rings. The second-order valence-corrected chi connectivity index (χ2v) is 7.30. The minimum Gasteiger partial charge on any atom is -0.497 e. The van der Waals surface area contributed by atoms with Crippen molar-refractivity contribution in [3.63, 3.8) is 0 Å². The topological polar surface area (TPSA) is 9.23 Å². The van der Waals surface area contributed by atoms with Crippen molar-refractivity contribution in [3.8, 4) is 0 Å². The number of halogens is 2. The van der Waals surface area contributed by atoms with E-state index in [1.807, 2.05) is 0 Å². The molecular weight excluding hydrogens is 356 g/mol. The summed E-state index contributed by atoms with van der Waals surface area (Å²) in [5, 5.41) is 0. The summed E-state index contributed by atoms with van der Waals surface area (Å²) in [7, 11) is 1.79. The van der Waals surface area contributed by atoms with Gasteiger partial charge in [-0.25, -0.2) is 0 Å². The summed E-state index contributed by atoms with van der Waals surface area (Å²) in [5.74, 6) is 1.58. The van der Waals surface area contributed by atoms with Crippen LogP contribution in [0.3, 0.4) is 0 Å². The van der Waals surface area contributed by atoms with Crippen molar-refractivity contribution < 1.29 is 4.74 Å². The molecule has 2 aliphatic carbocycles. The van der Waals surface area contributed by atoms with Gasteiger partial charge in [-0.05, 0) is 67.8 Å². The van der Waals surface area contributed by atoms with Gasteiger partial charge in [0, 0.05) is 5.92 Å². The van der Waals surface area contributed by atoms with E-state index in [4.69, 9.17) is 4.74 Å². The zero-order valence-electron chi connectivity index (χ0n) is 10.8. The molecule has 0 amide bonds. The standard InChI is InChI=1S/C15H18Br2O/c1-3-5-10-8-9-11-12(14(10)18-2)6-4-7-13(11)15(16)17/h4,7-8,11H,3,5-6,9H2,1-2H3. The number of ether oxygens (including phenoxy) is 1. The molecule has 1 atom stereocenters. The lowest BCUT2D eigenvalue weighted by Gasteiger charge is -2.31. The predicted molar refractivity (Wildman–Crippen MR) is 83.8 cm³/mol. The highest BCUT2D eigenvalue weighted by atomic mass is 79.9. The van der Waals surface area contributed by atoms with E-state index in [2.05, 4.69) is 57.0 Å². The third kappa shape index (κ3) is 2.67. The van der Waals surface area contributed by atoms with Gasteiger partial charge in [0.25, 0.3) is 0 Å². The number of allylic oxidation sites excluding steroid dienone is 6. The second-order valence-electron chi connectivity index (χ2n) is 4.65. The van der Waals surface area contributed by atoms with E-state index in [9.17, 15) is 0 Å². The average Bonchev–Trinajstić information content (AvgIpc) is 2.37. The molecule has 0 radical (unpaired) electrons. The van der Waals surface area contributed by atoms with Gasteiger partial charge in [0.1, 0.15) is 5.76 Å². The summed E-state index contributed by atoms with van der Waals surface area (Å²) in [6.45, 7) is 2.21. The van der Waals surface area contributed by atoms with Crippen LogP contribution in [0.1, 0.15) is 32.6 Å². The molecule has 1 unspecified atom stereocenters. The van der Waals surface area contributed by atoms with Crippen molar-refractivity contribution >= 4 is 31.9 Å². The van der Waals surface area contributed by atoms with Crippen LogP contribution in [-0.4, -0.2) is 7.11 Å². The molecule has 1 nitrogen and oxygen atoms in total. The molecule has 0 bridgehead atoms. The highest BCUT2D eigenvalue weighted by molar-refractivity contribution is 9.28. The lowest BCUT2D eigenvalue weighted by Crippen LogP contribution is -2.17. The van der Waals surface area contributed by atoms with E-state index in [1.54, 1.807) is 7.11 Å². The number of hydrogen-bond acceptors (Lipinski definition) is 1. The third-order valence-electron chi connectivity index (χ3n) is 3.56. The normalized spacial score (nSPS) is 22.8. The Kier molecular flexibility index (Phi) is 4.91. The number of methoxy groups -OCH3 is 1. The SMILES string of the molecule is CCCC1=CCC2C(=C(Br)Br)C=CCC2=C1OC. The van der Waals surface area contributed by atoms with E-state index in [0.29, 0.717) is 5.92 Å². The van der Waals surface area contributed by atoms with Gasteiger partial charge in [0.2, 0.25) is 0 Å². The summed E-state index contributed by atoms with van der Waals surface area (Å²) in [6.07, 6.45) is 11.1. The first-order valence-corrected chi connectivity index (χ1v) is 7.95. The molecule has 0 N–H and O–H groups in total. The van der Waals surface area contributed by atoms with Crippen molar-refractivity contribution in [3.05, 3.63) is 44.1 Å². The third-order valence-corrected chi connectivity index (χ3v) is 4.47. The fourth-order valence-electron chi connectivity index (χ4n) is 2.78.